The van der Waals surface area contributed by atoms with E-state index in [0.29, 0.717) is 10.6 Å². The molecule has 0 radical (unpaired) electrons. The highest BCUT2D eigenvalue weighted by atomic mass is 32.3. The van der Waals surface area contributed by atoms with E-state index in [-0.39, 0.29) is 17.1 Å². The van der Waals surface area contributed by atoms with E-state index >= 15 is 0 Å². The van der Waals surface area contributed by atoms with Gasteiger partial charge in [0.2, 0.25) is 0 Å². The number of sulfone groups is 1. The van der Waals surface area contributed by atoms with Gasteiger partial charge in [0.25, 0.3) is 5.91 Å². The predicted molar refractivity (Wildman–Crippen MR) is 161 cm³/mol. The number of benzene rings is 1. The van der Waals surface area contributed by atoms with E-state index in [4.69, 9.17) is 11.1 Å². The fraction of sp³-hybridized carbons (Fsp3) is 0.500. The van der Waals surface area contributed by atoms with Crippen molar-refractivity contribution in [1.82, 2.24) is 0 Å². The van der Waals surface area contributed by atoms with Crippen LogP contribution >= 0.6 is 11.8 Å². The summed E-state index contributed by atoms with van der Waals surface area (Å²) in [4.78, 5) is 12.7. The van der Waals surface area contributed by atoms with E-state index in [0.717, 1.165) is 30.9 Å². The number of allylic oxidation sites excluding steroid dienone is 3. The van der Waals surface area contributed by atoms with Crippen molar-refractivity contribution in [2.75, 3.05) is 24.1 Å². The Bertz CT molecular complexity index is 1100. The summed E-state index contributed by atoms with van der Waals surface area (Å²) >= 11 is 0.869. The highest BCUT2D eigenvalue weighted by Crippen LogP contribution is 2.31. The van der Waals surface area contributed by atoms with Crippen molar-refractivity contribution in [2.24, 2.45) is 11.7 Å². The second-order valence-electron chi connectivity index (χ2n) is 8.58. The number of halogens is 2. The molecule has 1 amide bonds. The summed E-state index contributed by atoms with van der Waals surface area (Å²) in [6.07, 6.45) is 4.64. The van der Waals surface area contributed by atoms with Gasteiger partial charge in [0, 0.05) is 29.9 Å². The number of hydrogen-bond donors (Lipinski definition) is 3. The number of amidine groups is 1. The monoisotopic (exact) mass is 589 g/mol. The van der Waals surface area contributed by atoms with Crippen LogP contribution in [0.2, 0.25) is 0 Å². The van der Waals surface area contributed by atoms with Crippen LogP contribution in [0.4, 0.5) is 14.5 Å². The summed E-state index contributed by atoms with van der Waals surface area (Å²) in [7, 11) is -2.14. The fourth-order valence-electron chi connectivity index (χ4n) is 2.25. The largest absolute Gasteiger partial charge is 0.386 e. The Hall–Kier alpha value is -2.50. The number of amides is 1. The van der Waals surface area contributed by atoms with Crippen molar-refractivity contribution < 1.29 is 26.7 Å². The third-order valence-electron chi connectivity index (χ3n) is 5.38. The first-order chi connectivity index (χ1) is 18.2. The van der Waals surface area contributed by atoms with Crippen molar-refractivity contribution in [3.63, 3.8) is 0 Å². The minimum absolute atomic E-state index is 0.0114. The first kappa shape index (κ1) is 38.6. The summed E-state index contributed by atoms with van der Waals surface area (Å²) < 4.78 is 55.4. The van der Waals surface area contributed by atoms with Gasteiger partial charge in [-0.05, 0) is 69.0 Å². The SMILES string of the molecule is C=C(/C=C\C(F)=C/C(C)CC)C(=O)Nc1ccc(CF)c(SCS(=O)(=O)C(C)(C)C(=N)N)c1.CC.CCOC. The minimum Gasteiger partial charge on any atom is -0.386 e. The van der Waals surface area contributed by atoms with Gasteiger partial charge in [-0.2, -0.15) is 0 Å². The number of nitrogens with two attached hydrogens (primary N) is 1. The molecule has 0 fully saturated rings. The molecule has 39 heavy (non-hydrogen) atoms. The fourth-order valence-corrected chi connectivity index (χ4v) is 5.41. The Balaban J connectivity index is 0. The van der Waals surface area contributed by atoms with Crippen molar-refractivity contribution >= 4 is 39.0 Å². The van der Waals surface area contributed by atoms with Crippen molar-refractivity contribution in [2.45, 2.75) is 71.2 Å². The third kappa shape index (κ3) is 13.9. The molecule has 1 aromatic carbocycles. The Morgan fingerprint density at radius 1 is 1.28 bits per heavy atom. The van der Waals surface area contributed by atoms with Crippen LogP contribution < -0.4 is 11.1 Å². The number of nitrogens with one attached hydrogen (secondary N) is 2. The first-order valence-corrected chi connectivity index (χ1v) is 15.2. The summed E-state index contributed by atoms with van der Waals surface area (Å²) in [5.74, 6) is -1.49. The number of rotatable bonds is 13. The van der Waals surface area contributed by atoms with Gasteiger partial charge < -0.3 is 15.8 Å². The van der Waals surface area contributed by atoms with Crippen LogP contribution in [-0.4, -0.2) is 43.7 Å². The molecule has 0 bridgehead atoms. The van der Waals surface area contributed by atoms with Gasteiger partial charge in [-0.15, -0.1) is 11.8 Å². The van der Waals surface area contributed by atoms with Gasteiger partial charge in [0.1, 0.15) is 28.2 Å². The molecule has 1 rings (SSSR count). The average Bonchev–Trinajstić information content (AvgIpc) is 2.91. The van der Waals surface area contributed by atoms with Gasteiger partial charge in [-0.3, -0.25) is 10.2 Å². The molecule has 0 aliphatic rings. The zero-order chi connectivity index (χ0) is 30.8. The number of methoxy groups -OCH3 is 1. The maximum atomic E-state index is 13.8. The van der Waals surface area contributed by atoms with E-state index in [9.17, 15) is 22.0 Å². The van der Waals surface area contributed by atoms with Crippen LogP contribution in [0, 0.1) is 11.3 Å². The van der Waals surface area contributed by atoms with Crippen LogP contribution in [0.5, 0.6) is 0 Å². The average molecular weight is 590 g/mol. The minimum atomic E-state index is -3.82. The zero-order valence-corrected chi connectivity index (χ0v) is 26.0. The molecule has 0 aliphatic heterocycles. The van der Waals surface area contributed by atoms with Gasteiger partial charge in [-0.25, -0.2) is 17.2 Å². The highest BCUT2D eigenvalue weighted by molar-refractivity contribution is 8.13. The second-order valence-corrected chi connectivity index (χ2v) is 12.5. The molecule has 0 saturated carbocycles. The molecular weight excluding hydrogens is 544 g/mol. The maximum absolute atomic E-state index is 13.8. The van der Waals surface area contributed by atoms with Crippen LogP contribution in [0.3, 0.4) is 0 Å². The predicted octanol–water partition coefficient (Wildman–Crippen LogP) is 6.96. The lowest BCUT2D eigenvalue weighted by Gasteiger charge is -2.23. The standard InChI is InChI=1S/C23H31F2N3O3S2.C3H8O.C2H6/c1-6-15(2)11-18(25)9-7-16(3)21(29)28-19-10-8-17(13-24)20(12-19)32-14-33(30,31)23(4,5)22(26)27;1-3-4-2;1-2/h7-12,15H,3,6,13-14H2,1-2,4-5H3,(H3,26,27)(H,28,29);3H2,1-2H3;1-2H3/b9-7-,18-11+;;. The Morgan fingerprint density at radius 2 is 1.85 bits per heavy atom. The molecular formula is C28H45F2N3O4S2. The molecule has 1 aromatic rings. The molecule has 4 N–H and O–H groups in total. The lowest BCUT2D eigenvalue weighted by molar-refractivity contribution is -0.112. The molecule has 7 nitrogen and oxygen atoms in total. The summed E-state index contributed by atoms with van der Waals surface area (Å²) in [5.41, 5.74) is 5.97. The van der Waals surface area contributed by atoms with Crippen LogP contribution in [-0.2, 0) is 26.0 Å². The lowest BCUT2D eigenvalue weighted by Crippen LogP contribution is -2.45. The van der Waals surface area contributed by atoms with E-state index in [1.54, 1.807) is 7.11 Å². The molecule has 222 valence electrons. The van der Waals surface area contributed by atoms with Crippen LogP contribution in [0.1, 0.15) is 60.5 Å². The number of carbonyl (C=O) groups excluding carboxylic acids is 1. The quantitative estimate of drug-likeness (QED) is 0.0751. The summed E-state index contributed by atoms with van der Waals surface area (Å²) in [6.45, 7) is 16.0. The van der Waals surface area contributed by atoms with Gasteiger partial charge in [0.05, 0.1) is 0 Å². The third-order valence-corrected chi connectivity index (χ3v) is 9.56. The number of thioether (sulfide) groups is 1. The van der Waals surface area contributed by atoms with Crippen LogP contribution in [0.25, 0.3) is 0 Å². The number of ether oxygens (including phenoxy) is 1. The van der Waals surface area contributed by atoms with E-state index in [2.05, 4.69) is 16.6 Å². The topological polar surface area (TPSA) is 122 Å². The van der Waals surface area contributed by atoms with E-state index < -0.39 is 43.9 Å². The number of anilines is 1. The van der Waals surface area contributed by atoms with Crippen molar-refractivity contribution in [3.8, 4) is 0 Å². The van der Waals surface area contributed by atoms with Gasteiger partial charge >= 0.3 is 0 Å². The number of alkyl halides is 1. The molecule has 0 spiro atoms. The van der Waals surface area contributed by atoms with Crippen LogP contribution in [0.15, 0.2) is 59.3 Å². The molecule has 0 saturated heterocycles. The normalized spacial score (nSPS) is 12.5. The second kappa shape index (κ2) is 19.5. The Labute approximate surface area is 237 Å². The summed E-state index contributed by atoms with van der Waals surface area (Å²) in [5, 5.41) is 9.66. The molecule has 1 unspecified atom stereocenters. The molecule has 11 heteroatoms. The molecule has 0 aromatic heterocycles. The van der Waals surface area contributed by atoms with E-state index in [1.165, 1.54) is 44.2 Å². The Morgan fingerprint density at radius 3 is 2.31 bits per heavy atom. The van der Waals surface area contributed by atoms with E-state index in [1.807, 2.05) is 34.6 Å². The highest BCUT2D eigenvalue weighted by Gasteiger charge is 2.37. The van der Waals surface area contributed by atoms with Crippen molar-refractivity contribution in [1.29, 1.82) is 5.41 Å². The Kier molecular flexibility index (Phi) is 19.4. The number of carbonyl (C=O) groups is 1. The molecule has 0 aliphatic carbocycles. The summed E-state index contributed by atoms with van der Waals surface area (Å²) in [6, 6.07) is 4.37. The zero-order valence-electron chi connectivity index (χ0n) is 24.4. The maximum Gasteiger partial charge on any atom is 0.255 e. The molecule has 0 heterocycles. The smallest absolute Gasteiger partial charge is 0.255 e. The lowest BCUT2D eigenvalue weighted by atomic mass is 10.1. The van der Waals surface area contributed by atoms with Crippen molar-refractivity contribution in [3.05, 3.63) is 60.0 Å². The van der Waals surface area contributed by atoms with Gasteiger partial charge in [-0.1, -0.05) is 40.3 Å². The first-order valence-electron chi connectivity index (χ1n) is 12.6. The molecule has 1 atom stereocenters. The van der Waals surface area contributed by atoms with Gasteiger partial charge in [0.15, 0.2) is 9.84 Å². The number of hydrogen-bond acceptors (Lipinski definition) is 6.